The minimum Gasteiger partial charge on any atom is -0.352 e. The summed E-state index contributed by atoms with van der Waals surface area (Å²) in [4.78, 5) is 29.7. The van der Waals surface area contributed by atoms with Crippen LogP contribution in [0.15, 0.2) is 78.9 Å². The van der Waals surface area contributed by atoms with E-state index in [1.165, 1.54) is 4.90 Å². The van der Waals surface area contributed by atoms with Crippen molar-refractivity contribution in [3.05, 3.63) is 101 Å². The molecule has 1 N–H and O–H groups in total. The van der Waals surface area contributed by atoms with Gasteiger partial charge in [0.05, 0.1) is 11.9 Å². The van der Waals surface area contributed by atoms with Crippen molar-refractivity contribution >= 4 is 39.1 Å². The first kappa shape index (κ1) is 30.6. The van der Waals surface area contributed by atoms with E-state index in [4.69, 9.17) is 11.6 Å². The molecule has 0 radical (unpaired) electrons. The summed E-state index contributed by atoms with van der Waals surface area (Å²) < 4.78 is 27.0. The maximum absolute atomic E-state index is 14.2. The molecule has 3 aromatic rings. The van der Waals surface area contributed by atoms with Crippen LogP contribution in [0.4, 0.5) is 5.69 Å². The van der Waals surface area contributed by atoms with Gasteiger partial charge >= 0.3 is 0 Å². The molecule has 9 heteroatoms. The molecule has 0 unspecified atom stereocenters. The van der Waals surface area contributed by atoms with Crippen LogP contribution in [0, 0.1) is 6.92 Å². The molecule has 41 heavy (non-hydrogen) atoms. The molecule has 2 amide bonds. The third-order valence-electron chi connectivity index (χ3n) is 7.58. The number of hydrogen-bond acceptors (Lipinski definition) is 4. The first-order valence-electron chi connectivity index (χ1n) is 14.0. The lowest BCUT2D eigenvalue weighted by Crippen LogP contribution is -2.55. The number of halogens is 1. The number of para-hydroxylation sites is 1. The number of anilines is 1. The quantitative estimate of drug-likeness (QED) is 0.317. The van der Waals surface area contributed by atoms with E-state index in [2.05, 4.69) is 5.32 Å². The number of carbonyl (C=O) groups excluding carboxylic acids is 2. The van der Waals surface area contributed by atoms with E-state index in [1.54, 1.807) is 37.3 Å². The summed E-state index contributed by atoms with van der Waals surface area (Å²) in [6.07, 6.45) is 6.42. The van der Waals surface area contributed by atoms with Gasteiger partial charge in [0.25, 0.3) is 0 Å². The molecule has 1 aliphatic rings. The average Bonchev–Trinajstić information content (AvgIpc) is 2.95. The van der Waals surface area contributed by atoms with Gasteiger partial charge in [0.15, 0.2) is 0 Å². The molecule has 0 spiro atoms. The van der Waals surface area contributed by atoms with Crippen LogP contribution in [0.1, 0.15) is 48.8 Å². The number of hydrogen-bond donors (Lipinski definition) is 1. The summed E-state index contributed by atoms with van der Waals surface area (Å²) in [6.45, 7) is 1.41. The Kier molecular flexibility index (Phi) is 10.5. The number of nitrogens with one attached hydrogen (secondary N) is 1. The predicted molar refractivity (Wildman–Crippen MR) is 164 cm³/mol. The van der Waals surface area contributed by atoms with Crippen molar-refractivity contribution in [2.45, 2.75) is 64.1 Å². The molecule has 3 aromatic carbocycles. The van der Waals surface area contributed by atoms with Crippen molar-refractivity contribution in [2.75, 3.05) is 17.1 Å². The summed E-state index contributed by atoms with van der Waals surface area (Å²) >= 11 is 6.52. The Labute approximate surface area is 248 Å². The number of rotatable bonds is 11. The van der Waals surface area contributed by atoms with E-state index in [1.807, 2.05) is 48.5 Å². The van der Waals surface area contributed by atoms with Gasteiger partial charge in [-0.25, -0.2) is 8.42 Å². The second-order valence-corrected chi connectivity index (χ2v) is 13.0. The first-order chi connectivity index (χ1) is 19.6. The van der Waals surface area contributed by atoms with Crippen LogP contribution in [0.5, 0.6) is 0 Å². The molecule has 1 fully saturated rings. The standard InChI is InChI=1S/C32H38ClN3O4S/c1-24-13-9-12-20-29(24)36(41(2,39)40)23-31(37)35(22-26-16-10-11-19-28(26)33)30(21-25-14-5-3-6-15-25)32(38)34-27-17-7-4-8-18-27/h3,5-6,9-16,19-20,27,30H,4,7-8,17-18,21-23H2,1-2H3,(H,34,38)/t30-/m1/s1. The molecule has 1 aliphatic carbocycles. The zero-order chi connectivity index (χ0) is 29.4. The smallest absolute Gasteiger partial charge is 0.244 e. The van der Waals surface area contributed by atoms with E-state index >= 15 is 0 Å². The maximum Gasteiger partial charge on any atom is 0.244 e. The van der Waals surface area contributed by atoms with Gasteiger partial charge in [-0.3, -0.25) is 13.9 Å². The first-order valence-corrected chi connectivity index (χ1v) is 16.3. The van der Waals surface area contributed by atoms with Gasteiger partial charge in [-0.1, -0.05) is 97.6 Å². The van der Waals surface area contributed by atoms with Crippen LogP contribution in [-0.4, -0.2) is 50.0 Å². The van der Waals surface area contributed by atoms with Crippen molar-refractivity contribution in [1.29, 1.82) is 0 Å². The van der Waals surface area contributed by atoms with Gasteiger partial charge in [0.1, 0.15) is 12.6 Å². The van der Waals surface area contributed by atoms with Gasteiger partial charge in [-0.2, -0.15) is 0 Å². The van der Waals surface area contributed by atoms with E-state index in [0.29, 0.717) is 16.3 Å². The second-order valence-electron chi connectivity index (χ2n) is 10.7. The highest BCUT2D eigenvalue weighted by Gasteiger charge is 2.34. The normalized spacial score (nSPS) is 14.7. The number of benzene rings is 3. The average molecular weight is 596 g/mol. The molecule has 0 heterocycles. The highest BCUT2D eigenvalue weighted by Crippen LogP contribution is 2.25. The molecular formula is C32H38ClN3O4S. The molecule has 0 saturated heterocycles. The fourth-order valence-electron chi connectivity index (χ4n) is 5.35. The summed E-state index contributed by atoms with van der Waals surface area (Å²) in [6, 6.07) is 22.9. The summed E-state index contributed by atoms with van der Waals surface area (Å²) in [5.41, 5.74) is 2.71. The van der Waals surface area contributed by atoms with Crippen LogP contribution in [0.3, 0.4) is 0 Å². The third-order valence-corrected chi connectivity index (χ3v) is 9.08. The lowest BCUT2D eigenvalue weighted by atomic mass is 9.94. The Hall–Kier alpha value is -3.36. The third kappa shape index (κ3) is 8.33. The molecule has 0 aromatic heterocycles. The molecule has 0 bridgehead atoms. The van der Waals surface area contributed by atoms with Crippen molar-refractivity contribution in [2.24, 2.45) is 0 Å². The zero-order valence-electron chi connectivity index (χ0n) is 23.6. The molecule has 1 atom stereocenters. The Morgan fingerprint density at radius 1 is 0.927 bits per heavy atom. The maximum atomic E-state index is 14.2. The minimum absolute atomic E-state index is 0.0475. The van der Waals surface area contributed by atoms with Crippen LogP contribution in [0.25, 0.3) is 0 Å². The monoisotopic (exact) mass is 595 g/mol. The lowest BCUT2D eigenvalue weighted by Gasteiger charge is -2.35. The molecule has 4 rings (SSSR count). The minimum atomic E-state index is -3.82. The Bertz CT molecular complexity index is 1440. The van der Waals surface area contributed by atoms with E-state index in [0.717, 1.165) is 53.8 Å². The second kappa shape index (κ2) is 14.0. The zero-order valence-corrected chi connectivity index (χ0v) is 25.2. The van der Waals surface area contributed by atoms with E-state index < -0.39 is 28.5 Å². The summed E-state index contributed by atoms with van der Waals surface area (Å²) in [5, 5.41) is 3.67. The van der Waals surface area contributed by atoms with E-state index in [9.17, 15) is 18.0 Å². The van der Waals surface area contributed by atoms with Gasteiger partial charge < -0.3 is 10.2 Å². The number of aryl methyl sites for hydroxylation is 1. The molecule has 0 aliphatic heterocycles. The van der Waals surface area contributed by atoms with Crippen LogP contribution < -0.4 is 9.62 Å². The predicted octanol–water partition coefficient (Wildman–Crippen LogP) is 5.50. The molecule has 218 valence electrons. The van der Waals surface area contributed by atoms with Crippen LogP contribution >= 0.6 is 11.6 Å². The van der Waals surface area contributed by atoms with Gasteiger partial charge in [-0.15, -0.1) is 0 Å². The largest absolute Gasteiger partial charge is 0.352 e. The van der Waals surface area contributed by atoms with E-state index in [-0.39, 0.29) is 24.9 Å². The fourth-order valence-corrected chi connectivity index (χ4v) is 6.45. The molecule has 7 nitrogen and oxygen atoms in total. The Balaban J connectivity index is 1.74. The van der Waals surface area contributed by atoms with Crippen molar-refractivity contribution in [3.8, 4) is 0 Å². The van der Waals surface area contributed by atoms with Gasteiger partial charge in [0, 0.05) is 24.0 Å². The summed E-state index contributed by atoms with van der Waals surface area (Å²) in [5.74, 6) is -0.735. The Morgan fingerprint density at radius 3 is 2.22 bits per heavy atom. The highest BCUT2D eigenvalue weighted by atomic mass is 35.5. The van der Waals surface area contributed by atoms with Crippen molar-refractivity contribution in [3.63, 3.8) is 0 Å². The highest BCUT2D eigenvalue weighted by molar-refractivity contribution is 7.92. The van der Waals surface area contributed by atoms with Crippen LogP contribution in [0.2, 0.25) is 5.02 Å². The molecule has 1 saturated carbocycles. The van der Waals surface area contributed by atoms with Gasteiger partial charge in [-0.05, 0) is 48.6 Å². The van der Waals surface area contributed by atoms with Crippen LogP contribution in [-0.2, 0) is 32.6 Å². The topological polar surface area (TPSA) is 86.8 Å². The number of nitrogens with zero attached hydrogens (tertiary/aromatic N) is 2. The number of amides is 2. The lowest BCUT2D eigenvalue weighted by molar-refractivity contribution is -0.140. The number of sulfonamides is 1. The summed E-state index contributed by atoms with van der Waals surface area (Å²) in [7, 11) is -3.82. The number of carbonyl (C=O) groups is 2. The fraction of sp³-hybridized carbons (Fsp3) is 0.375. The van der Waals surface area contributed by atoms with Crippen molar-refractivity contribution < 1.29 is 18.0 Å². The Morgan fingerprint density at radius 2 is 1.56 bits per heavy atom. The molecular weight excluding hydrogens is 558 g/mol. The SMILES string of the molecule is Cc1ccccc1N(CC(=O)N(Cc1ccccc1Cl)[C@H](Cc1ccccc1)C(=O)NC1CCCCC1)S(C)(=O)=O. The van der Waals surface area contributed by atoms with Gasteiger partial charge in [0.2, 0.25) is 21.8 Å². The van der Waals surface area contributed by atoms with Crippen molar-refractivity contribution in [1.82, 2.24) is 10.2 Å².